The number of carbonyl (C=O) groups is 2. The number of hydrogen-bond acceptors (Lipinski definition) is 7. The number of alkyl halides is 3. The Bertz CT molecular complexity index is 828. The average molecular weight is 491 g/mol. The molecule has 0 aliphatic heterocycles. The predicted octanol–water partition coefficient (Wildman–Crippen LogP) is 3.10. The molecule has 0 saturated heterocycles. The number of esters is 1. The van der Waals surface area contributed by atoms with Crippen molar-refractivity contribution in [3.63, 3.8) is 0 Å². The molecule has 0 spiro atoms. The number of anilines is 1. The van der Waals surface area contributed by atoms with Gasteiger partial charge in [-0.1, -0.05) is 41.4 Å². The first-order valence-corrected chi connectivity index (χ1v) is 11.0. The smallest absolute Gasteiger partial charge is 0.348 e. The first-order chi connectivity index (χ1) is 13.3. The number of benzene rings is 1. The highest BCUT2D eigenvalue weighted by molar-refractivity contribution is 8.09. The number of methoxy groups -OCH3 is 1. The number of amides is 1. The lowest BCUT2D eigenvalue weighted by Crippen LogP contribution is -2.38. The lowest BCUT2D eigenvalue weighted by atomic mass is 10.1. The third kappa shape index (κ3) is 8.27. The van der Waals surface area contributed by atoms with E-state index in [0.29, 0.717) is 9.40 Å². The molecule has 13 heteroatoms. The van der Waals surface area contributed by atoms with E-state index in [1.54, 1.807) is 32.0 Å². The number of rotatable bonds is 10. The molecule has 0 saturated carbocycles. The van der Waals surface area contributed by atoms with Crippen LogP contribution in [0.2, 0.25) is 0 Å². The van der Waals surface area contributed by atoms with Crippen molar-refractivity contribution in [3.05, 3.63) is 29.3 Å². The lowest BCUT2D eigenvalue weighted by Gasteiger charge is -2.26. The summed E-state index contributed by atoms with van der Waals surface area (Å²) in [6.45, 7) is 2.60. The summed E-state index contributed by atoms with van der Waals surface area (Å²) in [4.78, 5) is 25.5. The van der Waals surface area contributed by atoms with Crippen LogP contribution >= 0.6 is 35.1 Å². The van der Waals surface area contributed by atoms with Gasteiger partial charge in [-0.3, -0.25) is 9.59 Å². The third-order valence-electron chi connectivity index (χ3n) is 3.66. The Labute approximate surface area is 183 Å². The van der Waals surface area contributed by atoms with Crippen molar-refractivity contribution in [1.29, 1.82) is 0 Å². The molecule has 0 heterocycles. The quantitative estimate of drug-likeness (QED) is 0.282. The molecule has 0 N–H and O–H groups in total. The fraction of sp³-hybridized carbons (Fsp3) is 0.500. The van der Waals surface area contributed by atoms with Crippen LogP contribution in [0, 0.1) is 13.8 Å². The average Bonchev–Trinajstić information content (AvgIpc) is 2.60. The van der Waals surface area contributed by atoms with Crippen molar-refractivity contribution in [3.8, 4) is 0 Å². The molecule has 0 aromatic heterocycles. The number of carbonyl (C=O) groups excluding carboxylic acids is 2. The van der Waals surface area contributed by atoms with Gasteiger partial charge < -0.3 is 9.64 Å². The molecule has 0 aliphatic carbocycles. The Morgan fingerprint density at radius 2 is 1.79 bits per heavy atom. The minimum Gasteiger partial charge on any atom is -0.469 e. The van der Waals surface area contributed by atoms with E-state index in [-0.39, 0.29) is 24.9 Å². The van der Waals surface area contributed by atoms with Gasteiger partial charge in [-0.2, -0.15) is 12.8 Å². The summed E-state index contributed by atoms with van der Waals surface area (Å²) in [5.74, 6) is -1.27. The van der Waals surface area contributed by atoms with Crippen LogP contribution < -0.4 is 4.90 Å². The maximum Gasteiger partial charge on any atom is 0.348 e. The van der Waals surface area contributed by atoms with Crippen LogP contribution in [0.1, 0.15) is 17.5 Å². The van der Waals surface area contributed by atoms with Gasteiger partial charge in [-0.05, 0) is 25.0 Å². The maximum absolute atomic E-state index is 13.2. The lowest BCUT2D eigenvalue weighted by molar-refractivity contribution is -0.140. The Kier molecular flexibility index (Phi) is 9.64. The molecule has 8 nitrogen and oxygen atoms in total. The first kappa shape index (κ1) is 25.9. The number of hydrogen-bond donors (Lipinski definition) is 0. The SMILES string of the molecule is COC(=O)CCN(C(=O)COS(=O)(=O)N(C)SC(F)(Cl)Cl)c1c(C)cccc1C. The van der Waals surface area contributed by atoms with Gasteiger partial charge in [0.05, 0.1) is 13.5 Å². The number of halogens is 3. The largest absolute Gasteiger partial charge is 0.469 e. The van der Waals surface area contributed by atoms with Gasteiger partial charge in [0.25, 0.3) is 5.91 Å². The number of para-hydroxylation sites is 1. The van der Waals surface area contributed by atoms with Crippen LogP contribution in [-0.4, -0.2) is 55.2 Å². The highest BCUT2D eigenvalue weighted by Crippen LogP contribution is 2.39. The Morgan fingerprint density at radius 3 is 2.28 bits per heavy atom. The van der Waals surface area contributed by atoms with Gasteiger partial charge in [0.15, 0.2) is 0 Å². The van der Waals surface area contributed by atoms with Crippen LogP contribution in [0.3, 0.4) is 0 Å². The number of nitrogens with zero attached hydrogens (tertiary/aromatic N) is 2. The summed E-state index contributed by atoms with van der Waals surface area (Å²) < 4.78 is 44.1. The zero-order chi connectivity index (χ0) is 22.4. The number of aryl methyl sites for hydroxylation is 2. The highest BCUT2D eigenvalue weighted by Gasteiger charge is 2.33. The fourth-order valence-electron chi connectivity index (χ4n) is 2.37. The summed E-state index contributed by atoms with van der Waals surface area (Å²) >= 11 is 10.2. The van der Waals surface area contributed by atoms with Crippen molar-refractivity contribution >= 4 is 63.0 Å². The molecular formula is C16H21Cl2FN2O6S2. The molecule has 1 rings (SSSR count). The molecule has 1 aromatic rings. The Hall–Kier alpha value is -1.11. The van der Waals surface area contributed by atoms with E-state index < -0.39 is 32.7 Å². The molecule has 0 bridgehead atoms. The predicted molar refractivity (Wildman–Crippen MR) is 111 cm³/mol. The Balaban J connectivity index is 3.02. The molecule has 1 aromatic carbocycles. The topological polar surface area (TPSA) is 93.2 Å². The molecule has 0 radical (unpaired) electrons. The monoisotopic (exact) mass is 490 g/mol. The summed E-state index contributed by atoms with van der Waals surface area (Å²) in [6.07, 6.45) is -0.110. The van der Waals surface area contributed by atoms with E-state index in [0.717, 1.165) is 18.2 Å². The van der Waals surface area contributed by atoms with Crippen molar-refractivity contribution in [2.75, 3.05) is 32.2 Å². The molecule has 0 unspecified atom stereocenters. The van der Waals surface area contributed by atoms with E-state index >= 15 is 0 Å². The summed E-state index contributed by atoms with van der Waals surface area (Å²) in [6, 6.07) is 5.33. The van der Waals surface area contributed by atoms with Gasteiger partial charge in [0.1, 0.15) is 6.61 Å². The van der Waals surface area contributed by atoms with Gasteiger partial charge >= 0.3 is 20.2 Å². The van der Waals surface area contributed by atoms with Gasteiger partial charge in [0.2, 0.25) is 0 Å². The molecule has 1 amide bonds. The molecule has 29 heavy (non-hydrogen) atoms. The first-order valence-electron chi connectivity index (χ1n) is 8.11. The molecule has 0 aliphatic rings. The number of ether oxygens (including phenoxy) is 1. The van der Waals surface area contributed by atoms with E-state index in [1.165, 1.54) is 12.0 Å². The minimum atomic E-state index is -4.51. The van der Waals surface area contributed by atoms with Crippen LogP contribution in [0.25, 0.3) is 0 Å². The highest BCUT2D eigenvalue weighted by atomic mass is 35.5. The van der Waals surface area contributed by atoms with Crippen molar-refractivity contribution in [2.45, 2.75) is 24.2 Å². The van der Waals surface area contributed by atoms with Crippen LogP contribution in [-0.2, 0) is 28.8 Å². The minimum absolute atomic E-state index is 0.0534. The van der Waals surface area contributed by atoms with Crippen LogP contribution in [0.15, 0.2) is 18.2 Å². The molecule has 164 valence electrons. The van der Waals surface area contributed by atoms with Crippen molar-refractivity contribution in [1.82, 2.24) is 3.71 Å². The zero-order valence-corrected chi connectivity index (χ0v) is 19.3. The van der Waals surface area contributed by atoms with Crippen molar-refractivity contribution in [2.24, 2.45) is 0 Å². The van der Waals surface area contributed by atoms with E-state index in [9.17, 15) is 22.4 Å². The standard InChI is InChI=1S/C16H21Cl2FN2O6S2/c1-11-6-5-7-12(2)15(11)21(9-8-14(23)26-4)13(22)10-27-29(24,25)20(3)28-16(17,18)19/h5-7H,8-10H2,1-4H3. The van der Waals surface area contributed by atoms with Crippen LogP contribution in [0.4, 0.5) is 10.1 Å². The fourth-order valence-corrected chi connectivity index (χ4v) is 4.72. The summed E-state index contributed by atoms with van der Waals surface area (Å²) in [5.41, 5.74) is 2.00. The zero-order valence-electron chi connectivity index (χ0n) is 16.1. The van der Waals surface area contributed by atoms with E-state index in [2.05, 4.69) is 4.74 Å². The summed E-state index contributed by atoms with van der Waals surface area (Å²) in [5, 5.41) is 0. The van der Waals surface area contributed by atoms with Crippen LogP contribution in [0.5, 0.6) is 0 Å². The third-order valence-corrected chi connectivity index (χ3v) is 6.35. The summed E-state index contributed by atoms with van der Waals surface area (Å²) in [7, 11) is -2.33. The van der Waals surface area contributed by atoms with Crippen molar-refractivity contribution < 1.29 is 31.3 Å². The van der Waals surface area contributed by atoms with Gasteiger partial charge in [-0.15, -0.1) is 3.71 Å². The van der Waals surface area contributed by atoms with Gasteiger partial charge in [0, 0.05) is 31.2 Å². The maximum atomic E-state index is 13.2. The van der Waals surface area contributed by atoms with E-state index in [4.69, 9.17) is 27.4 Å². The normalized spacial score (nSPS) is 12.1. The molecular weight excluding hydrogens is 470 g/mol. The van der Waals surface area contributed by atoms with Gasteiger partial charge in [-0.25, -0.2) is 4.18 Å². The second kappa shape index (κ2) is 10.8. The molecule has 0 atom stereocenters. The second-order valence-electron chi connectivity index (χ2n) is 5.78. The Morgan fingerprint density at radius 1 is 1.24 bits per heavy atom. The second-order valence-corrected chi connectivity index (χ2v) is 10.6. The van der Waals surface area contributed by atoms with E-state index in [1.807, 2.05) is 0 Å². The molecule has 0 fully saturated rings.